The van der Waals surface area contributed by atoms with Crippen molar-refractivity contribution in [3.05, 3.63) is 146 Å². The van der Waals surface area contributed by atoms with E-state index in [1.165, 1.54) is 74.9 Å². The van der Waals surface area contributed by atoms with Crippen LogP contribution < -0.4 is 47.7 Å². The fourth-order valence-corrected chi connectivity index (χ4v) is 10.2. The number of phenols is 1. The molecule has 4 saturated heterocycles. The van der Waals surface area contributed by atoms with Gasteiger partial charge in [0, 0.05) is 51.4 Å². The van der Waals surface area contributed by atoms with E-state index in [0.29, 0.717) is 49.5 Å². The van der Waals surface area contributed by atoms with Gasteiger partial charge in [-0.3, -0.25) is 38.6 Å². The number of hydrogen-bond acceptors (Lipinski definition) is 14. The molecular formula is C51H50Cl2F2N8O8. The molecule has 4 aliphatic rings. The number of fused-ring (bicyclic) bond motifs is 2. The molecule has 370 valence electrons. The van der Waals surface area contributed by atoms with Gasteiger partial charge in [-0.1, -0.05) is 60.3 Å². The Morgan fingerprint density at radius 2 is 0.944 bits per heavy atom. The van der Waals surface area contributed by atoms with Crippen LogP contribution in [-0.2, 0) is 0 Å². The van der Waals surface area contributed by atoms with E-state index in [2.05, 4.69) is 31.1 Å². The number of methoxy groups -OCH3 is 1. The second-order valence-corrected chi connectivity index (χ2v) is 18.7. The molecule has 2 atom stereocenters. The van der Waals surface area contributed by atoms with Crippen LogP contribution in [0.15, 0.2) is 92.0 Å². The van der Waals surface area contributed by atoms with E-state index in [0.717, 1.165) is 45.4 Å². The highest BCUT2D eigenvalue weighted by molar-refractivity contribution is 6.34. The highest BCUT2D eigenvalue weighted by Crippen LogP contribution is 2.38. The summed E-state index contributed by atoms with van der Waals surface area (Å²) >= 11 is 11.9. The first-order valence-electron chi connectivity index (χ1n) is 23.4. The van der Waals surface area contributed by atoms with E-state index >= 15 is 0 Å². The van der Waals surface area contributed by atoms with Gasteiger partial charge in [0.1, 0.15) is 34.4 Å². The molecule has 2 unspecified atom stereocenters. The van der Waals surface area contributed by atoms with Gasteiger partial charge in [-0.25, -0.2) is 8.78 Å². The van der Waals surface area contributed by atoms with Gasteiger partial charge < -0.3 is 40.9 Å². The molecule has 0 saturated carbocycles. The number of halogens is 4. The molecule has 71 heavy (non-hydrogen) atoms. The summed E-state index contributed by atoms with van der Waals surface area (Å²) in [5, 5.41) is 21.6. The van der Waals surface area contributed by atoms with Crippen LogP contribution in [0.2, 0.25) is 10.0 Å². The first-order valence-corrected chi connectivity index (χ1v) is 24.2. The minimum absolute atomic E-state index is 0.0148. The SMILES string of the molecule is COc1c(Nc2c(Nc3cccc(F)c3Cl)c(=O)c2=O)cccc1C(=O)N1CCN2CCCCC2C1.O=C(c1cccc(Nc2c(Nc3cccc(F)c3Cl)c(=O)c2=O)c1O)N1CCN2CCCCC2C1. The second-order valence-electron chi connectivity index (χ2n) is 18.0. The van der Waals surface area contributed by atoms with Gasteiger partial charge in [0.05, 0.1) is 51.0 Å². The van der Waals surface area contributed by atoms with Crippen molar-refractivity contribution in [2.24, 2.45) is 0 Å². The van der Waals surface area contributed by atoms with Crippen molar-refractivity contribution in [3.63, 3.8) is 0 Å². The Morgan fingerprint density at radius 3 is 1.42 bits per heavy atom. The third kappa shape index (κ3) is 9.81. The largest absolute Gasteiger partial charge is 0.505 e. The number of anilines is 8. The molecule has 16 nitrogen and oxygen atoms in total. The Kier molecular flexibility index (Phi) is 14.4. The normalized spacial score (nSPS) is 18.2. The fourth-order valence-electron chi connectivity index (χ4n) is 9.86. The summed E-state index contributed by atoms with van der Waals surface area (Å²) in [6, 6.07) is 18.5. The summed E-state index contributed by atoms with van der Waals surface area (Å²) in [6.45, 7) is 6.26. The number of para-hydroxylation sites is 2. The predicted octanol–water partition coefficient (Wildman–Crippen LogP) is 7.46. The lowest BCUT2D eigenvalue weighted by molar-refractivity contribution is 0.0367. The van der Waals surface area contributed by atoms with Gasteiger partial charge in [-0.15, -0.1) is 0 Å². The number of hydrogen-bond donors (Lipinski definition) is 5. The molecule has 2 amide bonds. The minimum atomic E-state index is -0.801. The topological polar surface area (TPSA) is 193 Å². The van der Waals surface area contributed by atoms with E-state index in [-0.39, 0.29) is 78.7 Å². The number of rotatable bonds is 11. The van der Waals surface area contributed by atoms with Crippen molar-refractivity contribution in [2.45, 2.75) is 50.6 Å². The summed E-state index contributed by atoms with van der Waals surface area (Å²) in [7, 11) is 1.45. The summed E-state index contributed by atoms with van der Waals surface area (Å²) in [6.07, 6.45) is 6.83. The average molecular weight is 1010 g/mol. The number of nitrogens with zero attached hydrogens (tertiary/aromatic N) is 4. The first-order chi connectivity index (χ1) is 34.2. The Balaban J connectivity index is 0.000000176. The van der Waals surface area contributed by atoms with Crippen molar-refractivity contribution in [1.29, 1.82) is 0 Å². The maximum absolute atomic E-state index is 13.8. The Morgan fingerprint density at radius 1 is 0.549 bits per heavy atom. The zero-order chi connectivity index (χ0) is 50.1. The zero-order valence-electron chi connectivity index (χ0n) is 38.6. The number of piperidine rings is 2. The second kappa shape index (κ2) is 20.8. The molecule has 0 spiro atoms. The van der Waals surface area contributed by atoms with Crippen LogP contribution in [0.4, 0.5) is 54.3 Å². The summed E-state index contributed by atoms with van der Waals surface area (Å²) in [4.78, 5) is 84.2. The van der Waals surface area contributed by atoms with Crippen molar-refractivity contribution >= 4 is 80.5 Å². The smallest absolute Gasteiger partial charge is 0.257 e. The van der Waals surface area contributed by atoms with E-state index in [1.807, 2.05) is 4.90 Å². The molecule has 4 fully saturated rings. The molecule has 0 aromatic heterocycles. The number of piperazine rings is 2. The molecule has 6 aromatic carbocycles. The third-order valence-electron chi connectivity index (χ3n) is 13.7. The van der Waals surface area contributed by atoms with Crippen LogP contribution in [0, 0.1) is 11.6 Å². The van der Waals surface area contributed by atoms with Gasteiger partial charge in [0.2, 0.25) is 0 Å². The molecule has 0 bridgehead atoms. The minimum Gasteiger partial charge on any atom is -0.505 e. The predicted molar refractivity (Wildman–Crippen MR) is 270 cm³/mol. The molecule has 4 aliphatic heterocycles. The van der Waals surface area contributed by atoms with Crippen molar-refractivity contribution < 1.29 is 28.2 Å². The molecule has 10 rings (SSSR count). The van der Waals surface area contributed by atoms with Crippen LogP contribution >= 0.6 is 23.2 Å². The maximum Gasteiger partial charge on any atom is 0.257 e. The lowest BCUT2D eigenvalue weighted by atomic mass is 9.99. The van der Waals surface area contributed by atoms with Gasteiger partial charge >= 0.3 is 0 Å². The molecular weight excluding hydrogens is 962 g/mol. The van der Waals surface area contributed by atoms with Gasteiger partial charge in [0.15, 0.2) is 11.5 Å². The number of phenolic OH excluding ortho intramolecular Hbond substituents is 1. The van der Waals surface area contributed by atoms with E-state index in [9.17, 15) is 42.7 Å². The number of nitrogens with one attached hydrogen (secondary N) is 4. The molecule has 0 aliphatic carbocycles. The summed E-state index contributed by atoms with van der Waals surface area (Å²) in [5.74, 6) is -1.80. The van der Waals surface area contributed by atoms with Gasteiger partial charge in [-0.2, -0.15) is 0 Å². The van der Waals surface area contributed by atoms with Crippen molar-refractivity contribution in [1.82, 2.24) is 19.6 Å². The number of benzene rings is 4. The van der Waals surface area contributed by atoms with Crippen LogP contribution in [-0.4, -0.2) is 108 Å². The van der Waals surface area contributed by atoms with Crippen LogP contribution in [0.5, 0.6) is 11.5 Å². The number of carbonyl (C=O) groups excluding carboxylic acids is 2. The van der Waals surface area contributed by atoms with Crippen LogP contribution in [0.3, 0.4) is 0 Å². The highest BCUT2D eigenvalue weighted by atomic mass is 35.5. The molecule has 6 aromatic rings. The van der Waals surface area contributed by atoms with Crippen LogP contribution in [0.1, 0.15) is 59.2 Å². The Hall–Kier alpha value is -6.86. The number of carbonyl (C=O) groups is 2. The fraction of sp³-hybridized carbons (Fsp3) is 0.333. The Bertz CT molecular complexity index is 3180. The molecule has 0 radical (unpaired) electrons. The third-order valence-corrected chi connectivity index (χ3v) is 14.5. The summed E-state index contributed by atoms with van der Waals surface area (Å²) < 4.78 is 33.2. The standard InChI is InChI=1S/C26H26ClFN4O4.C25H24ClFN4O4/c1-36-25-16(26(35)32-13-12-31-11-3-2-6-15(31)14-32)7-4-10-19(25)30-22-21(23(33)24(22)34)29-18-9-5-8-17(28)20(18)27;26-19-16(27)7-4-8-17(19)28-20-21(24(34)23(20)33)29-18-9-3-6-15(22(18)32)25(35)31-12-11-30-10-2-1-5-14(30)13-31/h4-5,7-10,15,29-30H,2-3,6,11-14H2,1H3;3-4,6-9,14,28-29,32H,1-2,5,10-13H2. The highest BCUT2D eigenvalue weighted by Gasteiger charge is 2.35. The quantitative estimate of drug-likeness (QED) is 0.0635. The van der Waals surface area contributed by atoms with Crippen molar-refractivity contribution in [3.8, 4) is 11.5 Å². The monoisotopic (exact) mass is 1010 g/mol. The maximum atomic E-state index is 13.8. The lowest BCUT2D eigenvalue weighted by Crippen LogP contribution is -2.56. The number of aromatic hydroxyl groups is 1. The molecule has 5 N–H and O–H groups in total. The number of amides is 2. The van der Waals surface area contributed by atoms with Gasteiger partial charge in [0.25, 0.3) is 33.5 Å². The lowest BCUT2D eigenvalue weighted by Gasteiger charge is -2.44. The first kappa shape index (κ1) is 49.1. The van der Waals surface area contributed by atoms with Gasteiger partial charge in [-0.05, 0) is 87.3 Å². The number of ether oxygens (including phenoxy) is 1. The molecule has 20 heteroatoms. The van der Waals surface area contributed by atoms with E-state index in [1.54, 1.807) is 29.2 Å². The van der Waals surface area contributed by atoms with E-state index < -0.39 is 33.3 Å². The van der Waals surface area contributed by atoms with Crippen molar-refractivity contribution in [2.75, 3.05) is 80.7 Å². The Labute approximate surface area is 416 Å². The van der Waals surface area contributed by atoms with Crippen LogP contribution in [0.25, 0.3) is 0 Å². The zero-order valence-corrected chi connectivity index (χ0v) is 40.1. The summed E-state index contributed by atoms with van der Waals surface area (Å²) in [5.41, 5.74) is -2.14. The molecule has 4 heterocycles. The average Bonchev–Trinajstić information content (AvgIpc) is 3.40. The van der Waals surface area contributed by atoms with E-state index in [4.69, 9.17) is 27.9 Å².